The van der Waals surface area contributed by atoms with Crippen LogP contribution >= 0.6 is 11.3 Å². The standard InChI is InChI=1S/C23H18N4OS/c1-13-17(12-25)22(16-9-8-15(11-24)10-19(16)28-3)21(14(2)26-13)23-27-18-6-4-5-7-20(18)29-23/h4-10,17,22H,1-3H3. The minimum absolute atomic E-state index is 0.277. The number of nitrogens with zero attached hydrogens (tertiary/aromatic N) is 4. The number of benzene rings is 2. The van der Waals surface area contributed by atoms with Crippen molar-refractivity contribution >= 4 is 32.8 Å². The molecule has 6 heteroatoms. The number of rotatable bonds is 3. The number of ether oxygens (including phenoxy) is 1. The summed E-state index contributed by atoms with van der Waals surface area (Å²) < 4.78 is 6.70. The monoisotopic (exact) mass is 398 g/mol. The second-order valence-electron chi connectivity index (χ2n) is 6.89. The lowest BCUT2D eigenvalue weighted by Gasteiger charge is -2.30. The highest BCUT2D eigenvalue weighted by Gasteiger charge is 2.37. The van der Waals surface area contributed by atoms with Gasteiger partial charge >= 0.3 is 0 Å². The van der Waals surface area contributed by atoms with Crippen molar-refractivity contribution in [1.82, 2.24) is 4.98 Å². The molecule has 1 aliphatic heterocycles. The molecule has 0 N–H and O–H groups in total. The zero-order valence-corrected chi connectivity index (χ0v) is 17.1. The van der Waals surface area contributed by atoms with Gasteiger partial charge in [0.2, 0.25) is 0 Å². The molecule has 0 fully saturated rings. The minimum Gasteiger partial charge on any atom is -0.496 e. The van der Waals surface area contributed by atoms with Crippen LogP contribution in [0.5, 0.6) is 5.75 Å². The highest BCUT2D eigenvalue weighted by molar-refractivity contribution is 7.19. The van der Waals surface area contributed by atoms with E-state index in [0.717, 1.165) is 37.8 Å². The van der Waals surface area contributed by atoms with Gasteiger partial charge < -0.3 is 4.74 Å². The zero-order chi connectivity index (χ0) is 20.5. The first-order chi connectivity index (χ1) is 14.1. The van der Waals surface area contributed by atoms with Crippen molar-refractivity contribution in [2.24, 2.45) is 10.9 Å². The van der Waals surface area contributed by atoms with E-state index in [9.17, 15) is 10.5 Å². The van der Waals surface area contributed by atoms with Crippen LogP contribution in [-0.2, 0) is 0 Å². The molecule has 5 nitrogen and oxygen atoms in total. The molecular weight excluding hydrogens is 380 g/mol. The summed E-state index contributed by atoms with van der Waals surface area (Å²) in [4.78, 5) is 9.51. The predicted molar refractivity (Wildman–Crippen MR) is 115 cm³/mol. The van der Waals surface area contributed by atoms with Crippen LogP contribution < -0.4 is 4.74 Å². The van der Waals surface area contributed by atoms with E-state index in [1.165, 1.54) is 0 Å². The molecule has 2 heterocycles. The van der Waals surface area contributed by atoms with Crippen LogP contribution in [0, 0.1) is 28.6 Å². The second kappa shape index (κ2) is 7.50. The number of para-hydroxylation sites is 1. The lowest BCUT2D eigenvalue weighted by Crippen LogP contribution is -2.25. The smallest absolute Gasteiger partial charge is 0.124 e. The normalized spacial score (nSPS) is 18.9. The fourth-order valence-corrected chi connectivity index (χ4v) is 4.94. The van der Waals surface area contributed by atoms with Crippen molar-refractivity contribution in [3.8, 4) is 17.9 Å². The van der Waals surface area contributed by atoms with Gasteiger partial charge in [-0.3, -0.25) is 4.99 Å². The van der Waals surface area contributed by atoms with Gasteiger partial charge in [-0.2, -0.15) is 10.5 Å². The molecule has 0 radical (unpaired) electrons. The van der Waals surface area contributed by atoms with E-state index in [-0.39, 0.29) is 5.92 Å². The maximum absolute atomic E-state index is 9.98. The van der Waals surface area contributed by atoms with Gasteiger partial charge in [0.1, 0.15) is 10.8 Å². The molecule has 0 saturated carbocycles. The third kappa shape index (κ3) is 3.18. The zero-order valence-electron chi connectivity index (χ0n) is 16.3. The van der Waals surface area contributed by atoms with Crippen LogP contribution in [0.3, 0.4) is 0 Å². The van der Waals surface area contributed by atoms with Crippen LogP contribution in [-0.4, -0.2) is 17.8 Å². The van der Waals surface area contributed by atoms with Crippen molar-refractivity contribution in [3.05, 3.63) is 64.3 Å². The van der Waals surface area contributed by atoms with Crippen LogP contribution in [0.2, 0.25) is 0 Å². The Bertz CT molecular complexity index is 1220. The molecule has 142 valence electrons. The molecule has 3 aromatic rings. The molecule has 2 unspecified atom stereocenters. The maximum atomic E-state index is 9.98. The number of fused-ring (bicyclic) bond motifs is 1. The Kier molecular flexibility index (Phi) is 4.88. The Morgan fingerprint density at radius 2 is 1.90 bits per heavy atom. The van der Waals surface area contributed by atoms with E-state index in [1.54, 1.807) is 30.6 Å². The summed E-state index contributed by atoms with van der Waals surface area (Å²) >= 11 is 1.60. The fraction of sp³-hybridized carbons (Fsp3) is 0.217. The van der Waals surface area contributed by atoms with E-state index in [1.807, 2.05) is 44.2 Å². The molecule has 29 heavy (non-hydrogen) atoms. The first-order valence-corrected chi connectivity index (χ1v) is 9.98. The van der Waals surface area contributed by atoms with Gasteiger partial charge in [-0.1, -0.05) is 18.2 Å². The van der Waals surface area contributed by atoms with Gasteiger partial charge in [0.05, 0.1) is 40.9 Å². The number of aromatic nitrogens is 1. The third-order valence-corrected chi connectivity index (χ3v) is 6.26. The number of thiazole rings is 1. The number of allylic oxidation sites excluding steroid dienone is 2. The van der Waals surface area contributed by atoms with Crippen LogP contribution in [0.15, 0.2) is 53.2 Å². The maximum Gasteiger partial charge on any atom is 0.124 e. The van der Waals surface area contributed by atoms with Crippen molar-refractivity contribution in [1.29, 1.82) is 10.5 Å². The minimum atomic E-state index is -0.442. The molecular formula is C23H18N4OS. The molecule has 4 rings (SSSR count). The van der Waals surface area contributed by atoms with Gasteiger partial charge in [-0.15, -0.1) is 11.3 Å². The van der Waals surface area contributed by atoms with Gasteiger partial charge in [0.15, 0.2) is 0 Å². The molecule has 0 spiro atoms. The first-order valence-electron chi connectivity index (χ1n) is 9.17. The number of hydrogen-bond donors (Lipinski definition) is 0. The number of methoxy groups -OCH3 is 1. The van der Waals surface area contributed by atoms with Crippen molar-refractivity contribution in [2.45, 2.75) is 19.8 Å². The summed E-state index contributed by atoms with van der Waals surface area (Å²) in [5, 5.41) is 20.1. The average Bonchev–Trinajstić information content (AvgIpc) is 3.16. The molecule has 0 saturated heterocycles. The molecule has 2 atom stereocenters. The highest BCUT2D eigenvalue weighted by Crippen LogP contribution is 2.48. The Morgan fingerprint density at radius 1 is 1.10 bits per heavy atom. The molecule has 0 bridgehead atoms. The summed E-state index contributed by atoms with van der Waals surface area (Å²) in [6, 6.07) is 17.9. The van der Waals surface area contributed by atoms with Gasteiger partial charge in [0.25, 0.3) is 0 Å². The van der Waals surface area contributed by atoms with Gasteiger partial charge in [-0.05, 0) is 38.1 Å². The SMILES string of the molecule is COc1cc(C#N)ccc1C1C(c2nc3ccccc3s2)=C(C)N=C(C)C1C#N. The van der Waals surface area contributed by atoms with Crippen molar-refractivity contribution in [3.63, 3.8) is 0 Å². The quantitative estimate of drug-likeness (QED) is 0.599. The molecule has 1 aliphatic rings. The Morgan fingerprint density at radius 3 is 2.59 bits per heavy atom. The summed E-state index contributed by atoms with van der Waals surface area (Å²) in [6.07, 6.45) is 0. The van der Waals surface area contributed by atoms with Crippen LogP contribution in [0.25, 0.3) is 15.8 Å². The highest BCUT2D eigenvalue weighted by atomic mass is 32.1. The predicted octanol–water partition coefficient (Wildman–Crippen LogP) is 5.31. The second-order valence-corrected chi connectivity index (χ2v) is 7.92. The van der Waals surface area contributed by atoms with Crippen LogP contribution in [0.4, 0.5) is 0 Å². The Labute approximate surface area is 173 Å². The number of nitriles is 2. The molecule has 0 amide bonds. The molecule has 0 aliphatic carbocycles. The van der Waals surface area contributed by atoms with E-state index >= 15 is 0 Å². The number of aliphatic imine (C=N–C) groups is 1. The van der Waals surface area contributed by atoms with Gasteiger partial charge in [0, 0.05) is 28.5 Å². The summed E-state index contributed by atoms with van der Waals surface area (Å²) in [5.41, 5.74) is 4.86. The largest absolute Gasteiger partial charge is 0.496 e. The average molecular weight is 398 g/mol. The topological polar surface area (TPSA) is 82.1 Å². The summed E-state index contributed by atoms with van der Waals surface area (Å²) in [6.45, 7) is 3.84. The first kappa shape index (κ1) is 18.9. The summed E-state index contributed by atoms with van der Waals surface area (Å²) in [5.74, 6) is -0.126. The molecule has 2 aromatic carbocycles. The van der Waals surface area contributed by atoms with E-state index in [0.29, 0.717) is 11.3 Å². The number of hydrogen-bond acceptors (Lipinski definition) is 6. The molecule has 1 aromatic heterocycles. The Balaban J connectivity index is 1.97. The van der Waals surface area contributed by atoms with E-state index in [4.69, 9.17) is 9.72 Å². The third-order valence-electron chi connectivity index (χ3n) is 5.19. The lowest BCUT2D eigenvalue weighted by molar-refractivity contribution is 0.407. The lowest BCUT2D eigenvalue weighted by atomic mass is 9.76. The fourth-order valence-electron chi connectivity index (χ4n) is 3.84. The van der Waals surface area contributed by atoms with E-state index < -0.39 is 5.92 Å². The van der Waals surface area contributed by atoms with Crippen LogP contribution in [0.1, 0.15) is 35.9 Å². The van der Waals surface area contributed by atoms with Crippen molar-refractivity contribution < 1.29 is 4.74 Å². The van der Waals surface area contributed by atoms with Gasteiger partial charge in [-0.25, -0.2) is 4.98 Å². The Hall–Kier alpha value is -3.48. The van der Waals surface area contributed by atoms with Crippen molar-refractivity contribution in [2.75, 3.05) is 7.11 Å². The van der Waals surface area contributed by atoms with E-state index in [2.05, 4.69) is 17.1 Å². The summed E-state index contributed by atoms with van der Waals surface area (Å²) in [7, 11) is 1.58.